The summed E-state index contributed by atoms with van der Waals surface area (Å²) in [6.45, 7) is 4.20. The summed E-state index contributed by atoms with van der Waals surface area (Å²) in [6.07, 6.45) is 2.06. The molecule has 1 aromatic rings. The van der Waals surface area contributed by atoms with E-state index in [-0.39, 0.29) is 8.68 Å². The summed E-state index contributed by atoms with van der Waals surface area (Å²) in [6, 6.07) is 0. The van der Waals surface area contributed by atoms with Gasteiger partial charge in [0.05, 0.1) is 5.69 Å². The van der Waals surface area contributed by atoms with Gasteiger partial charge in [0.2, 0.25) is 0 Å². The molecule has 5 nitrogen and oxygen atoms in total. The number of aryl methyl sites for hydroxylation is 1. The lowest BCUT2D eigenvalue weighted by molar-refractivity contribution is 0.220. The maximum absolute atomic E-state index is 12.2. The summed E-state index contributed by atoms with van der Waals surface area (Å²) in [5, 5.41) is 0. The highest BCUT2D eigenvalue weighted by molar-refractivity contribution is 7.91. The van der Waals surface area contributed by atoms with E-state index in [0.717, 1.165) is 37.3 Å². The number of rotatable bonds is 4. The number of piperidine rings is 1. The van der Waals surface area contributed by atoms with Crippen molar-refractivity contribution in [2.45, 2.75) is 24.0 Å². The van der Waals surface area contributed by atoms with Gasteiger partial charge in [-0.1, -0.05) is 22.9 Å². The molecule has 2 rings (SSSR count). The summed E-state index contributed by atoms with van der Waals surface area (Å²) in [5.74, 6) is 0.412. The van der Waals surface area contributed by atoms with Crippen LogP contribution in [-0.4, -0.2) is 45.0 Å². The fourth-order valence-electron chi connectivity index (χ4n) is 2.16. The SMILES string of the molecule is Cc1nc(Cl)sc1S(=O)(=O)NCC1CCN(C)CC1. The van der Waals surface area contributed by atoms with E-state index in [1.54, 1.807) is 6.92 Å². The highest BCUT2D eigenvalue weighted by atomic mass is 35.5. The lowest BCUT2D eigenvalue weighted by Gasteiger charge is -2.28. The molecular weight excluding hydrogens is 306 g/mol. The lowest BCUT2D eigenvalue weighted by atomic mass is 9.98. The van der Waals surface area contributed by atoms with Crippen LogP contribution in [0, 0.1) is 12.8 Å². The Bertz CT molecular complexity index is 536. The van der Waals surface area contributed by atoms with E-state index in [4.69, 9.17) is 11.6 Å². The number of nitrogens with one attached hydrogen (secondary N) is 1. The number of sulfonamides is 1. The van der Waals surface area contributed by atoms with Crippen LogP contribution in [0.5, 0.6) is 0 Å². The number of aromatic nitrogens is 1. The second-order valence-electron chi connectivity index (χ2n) is 4.94. The Morgan fingerprint density at radius 3 is 2.63 bits per heavy atom. The zero-order valence-corrected chi connectivity index (χ0v) is 13.4. The predicted molar refractivity (Wildman–Crippen MR) is 77.3 cm³/mol. The minimum Gasteiger partial charge on any atom is -0.306 e. The summed E-state index contributed by atoms with van der Waals surface area (Å²) < 4.78 is 27.5. The molecule has 0 bridgehead atoms. The molecule has 0 radical (unpaired) electrons. The Balaban J connectivity index is 1.96. The molecule has 0 saturated carbocycles. The zero-order valence-electron chi connectivity index (χ0n) is 11.0. The van der Waals surface area contributed by atoms with Gasteiger partial charge in [-0.2, -0.15) is 0 Å². The average molecular weight is 324 g/mol. The molecular formula is C11H18ClN3O2S2. The van der Waals surface area contributed by atoms with E-state index < -0.39 is 10.0 Å². The van der Waals surface area contributed by atoms with Crippen LogP contribution in [0.15, 0.2) is 4.21 Å². The molecule has 19 heavy (non-hydrogen) atoms. The second kappa shape index (κ2) is 6.05. The highest BCUT2D eigenvalue weighted by Gasteiger charge is 2.24. The van der Waals surface area contributed by atoms with Gasteiger partial charge >= 0.3 is 0 Å². The van der Waals surface area contributed by atoms with Gasteiger partial charge < -0.3 is 4.90 Å². The molecule has 0 unspecified atom stereocenters. The van der Waals surface area contributed by atoms with Crippen molar-refractivity contribution in [1.82, 2.24) is 14.6 Å². The van der Waals surface area contributed by atoms with Crippen molar-refractivity contribution in [3.63, 3.8) is 0 Å². The monoisotopic (exact) mass is 323 g/mol. The third kappa shape index (κ3) is 3.88. The normalized spacial score (nSPS) is 18.9. The van der Waals surface area contributed by atoms with Crippen molar-refractivity contribution in [1.29, 1.82) is 0 Å². The second-order valence-corrected chi connectivity index (χ2v) is 8.48. The van der Waals surface area contributed by atoms with Crippen molar-refractivity contribution in [3.8, 4) is 0 Å². The van der Waals surface area contributed by atoms with E-state index in [0.29, 0.717) is 18.2 Å². The Kier molecular flexibility index (Phi) is 4.84. The number of hydrogen-bond acceptors (Lipinski definition) is 5. The van der Waals surface area contributed by atoms with Gasteiger partial charge in [-0.25, -0.2) is 18.1 Å². The maximum atomic E-state index is 12.2. The Hall–Kier alpha value is -0.210. The van der Waals surface area contributed by atoms with Crippen LogP contribution in [0.25, 0.3) is 0 Å². The number of halogens is 1. The summed E-state index contributed by atoms with van der Waals surface area (Å²) >= 11 is 6.75. The Labute approximate surface area is 123 Å². The van der Waals surface area contributed by atoms with Crippen molar-refractivity contribution < 1.29 is 8.42 Å². The van der Waals surface area contributed by atoms with Crippen molar-refractivity contribution in [2.24, 2.45) is 5.92 Å². The zero-order chi connectivity index (χ0) is 14.0. The summed E-state index contributed by atoms with van der Waals surface area (Å²) in [4.78, 5) is 6.20. The number of nitrogens with zero attached hydrogens (tertiary/aromatic N) is 2. The topological polar surface area (TPSA) is 62.3 Å². The average Bonchev–Trinajstić information content (AvgIpc) is 2.69. The summed E-state index contributed by atoms with van der Waals surface area (Å²) in [7, 11) is -1.39. The molecule has 0 amide bonds. The number of hydrogen-bond donors (Lipinski definition) is 1. The molecule has 0 spiro atoms. The van der Waals surface area contributed by atoms with Crippen molar-refractivity contribution in [2.75, 3.05) is 26.7 Å². The first-order valence-corrected chi connectivity index (χ1v) is 8.87. The van der Waals surface area contributed by atoms with Gasteiger partial charge in [-0.05, 0) is 45.8 Å². The quantitative estimate of drug-likeness (QED) is 0.916. The van der Waals surface area contributed by atoms with Gasteiger partial charge in [0.15, 0.2) is 8.68 Å². The minimum atomic E-state index is -3.48. The maximum Gasteiger partial charge on any atom is 0.251 e. The lowest BCUT2D eigenvalue weighted by Crippen LogP contribution is -2.36. The van der Waals surface area contributed by atoms with Gasteiger partial charge in [0.25, 0.3) is 10.0 Å². The predicted octanol–water partition coefficient (Wildman–Crippen LogP) is 1.73. The van der Waals surface area contributed by atoms with Crippen LogP contribution >= 0.6 is 22.9 Å². The first-order chi connectivity index (χ1) is 8.88. The van der Waals surface area contributed by atoms with Gasteiger partial charge in [0, 0.05) is 6.54 Å². The van der Waals surface area contributed by atoms with Crippen LogP contribution in [0.2, 0.25) is 4.47 Å². The molecule has 1 saturated heterocycles. The Morgan fingerprint density at radius 1 is 1.47 bits per heavy atom. The molecule has 8 heteroatoms. The third-order valence-electron chi connectivity index (χ3n) is 3.37. The molecule has 2 heterocycles. The van der Waals surface area contributed by atoms with Crippen LogP contribution < -0.4 is 4.72 Å². The van der Waals surface area contributed by atoms with Crippen molar-refractivity contribution in [3.05, 3.63) is 10.2 Å². The van der Waals surface area contributed by atoms with Crippen LogP contribution in [-0.2, 0) is 10.0 Å². The van der Waals surface area contributed by atoms with E-state index in [2.05, 4.69) is 21.7 Å². The van der Waals surface area contributed by atoms with E-state index >= 15 is 0 Å². The first-order valence-electron chi connectivity index (χ1n) is 6.19. The highest BCUT2D eigenvalue weighted by Crippen LogP contribution is 2.26. The molecule has 0 aromatic carbocycles. The molecule has 1 fully saturated rings. The molecule has 0 atom stereocenters. The van der Waals surface area contributed by atoms with Gasteiger partial charge in [-0.3, -0.25) is 0 Å². The van der Waals surface area contributed by atoms with E-state index in [1.165, 1.54) is 0 Å². The fourth-order valence-corrected chi connectivity index (χ4v) is 5.06. The molecule has 1 aliphatic heterocycles. The molecule has 0 aliphatic carbocycles. The summed E-state index contributed by atoms with van der Waals surface area (Å²) in [5.41, 5.74) is 0.464. The van der Waals surface area contributed by atoms with Crippen LogP contribution in [0.3, 0.4) is 0 Å². The standard InChI is InChI=1S/C11H18ClN3O2S2/c1-8-10(18-11(12)14-8)19(16,17)13-7-9-3-5-15(2)6-4-9/h9,13H,3-7H2,1-2H3. The third-order valence-corrected chi connectivity index (χ3v) is 6.67. The van der Waals surface area contributed by atoms with Gasteiger partial charge in [-0.15, -0.1) is 0 Å². The van der Waals surface area contributed by atoms with Crippen LogP contribution in [0.4, 0.5) is 0 Å². The van der Waals surface area contributed by atoms with Crippen molar-refractivity contribution >= 4 is 33.0 Å². The smallest absolute Gasteiger partial charge is 0.251 e. The Morgan fingerprint density at radius 2 is 2.11 bits per heavy atom. The van der Waals surface area contributed by atoms with Gasteiger partial charge in [0.1, 0.15) is 0 Å². The first kappa shape index (κ1) is 15.2. The molecule has 1 N–H and O–H groups in total. The molecule has 1 aliphatic rings. The van der Waals surface area contributed by atoms with E-state index in [1.807, 2.05) is 0 Å². The molecule has 108 valence electrons. The number of likely N-dealkylation sites (tertiary alicyclic amines) is 1. The largest absolute Gasteiger partial charge is 0.306 e. The van der Waals surface area contributed by atoms with Crippen LogP contribution in [0.1, 0.15) is 18.5 Å². The fraction of sp³-hybridized carbons (Fsp3) is 0.727. The number of thiazole rings is 1. The molecule has 1 aromatic heterocycles. The minimum absolute atomic E-state index is 0.227. The van der Waals surface area contributed by atoms with E-state index in [9.17, 15) is 8.42 Å².